The maximum Gasteiger partial charge on any atom is 0.228 e. The third-order valence-electron chi connectivity index (χ3n) is 7.97. The zero-order valence-electron chi connectivity index (χ0n) is 20.2. The average Bonchev–Trinajstić information content (AvgIpc) is 3.24. The number of likely N-dealkylation sites (tertiary alicyclic amines) is 1. The molecular formula is C27H35ClFN3O2. The lowest BCUT2D eigenvalue weighted by atomic mass is 9.81. The molecule has 0 bridgehead atoms. The number of carbonyl (C=O) groups excluding carboxylic acids is 1. The van der Waals surface area contributed by atoms with Crippen molar-refractivity contribution in [3.63, 3.8) is 0 Å². The van der Waals surface area contributed by atoms with Crippen molar-refractivity contribution in [2.45, 2.75) is 82.5 Å². The van der Waals surface area contributed by atoms with E-state index in [2.05, 4.69) is 21.3 Å². The summed E-state index contributed by atoms with van der Waals surface area (Å²) >= 11 is 6.70. The predicted octanol–water partition coefficient (Wildman–Crippen LogP) is 6.10. The summed E-state index contributed by atoms with van der Waals surface area (Å²) in [6.45, 7) is 6.15. The van der Waals surface area contributed by atoms with Crippen LogP contribution in [0.1, 0.15) is 70.3 Å². The molecule has 3 aliphatic rings. The molecule has 3 fully saturated rings. The molecule has 34 heavy (non-hydrogen) atoms. The monoisotopic (exact) mass is 487 g/mol. The van der Waals surface area contributed by atoms with Crippen LogP contribution >= 0.6 is 11.6 Å². The Morgan fingerprint density at radius 3 is 2.65 bits per heavy atom. The Balaban J connectivity index is 1.28. The van der Waals surface area contributed by atoms with Gasteiger partial charge in [0.1, 0.15) is 12.0 Å². The maximum absolute atomic E-state index is 13.6. The normalized spacial score (nSPS) is 29.9. The van der Waals surface area contributed by atoms with Gasteiger partial charge in [0, 0.05) is 48.3 Å². The van der Waals surface area contributed by atoms with Crippen molar-refractivity contribution < 1.29 is 13.9 Å². The van der Waals surface area contributed by atoms with Crippen molar-refractivity contribution in [1.29, 1.82) is 0 Å². The standard InChI is InChI=1S/C27H35ClFN3O2/c1-27(2)14-18(8-10-34-27)26(33)31-25-13-19-11-23(24(28)12-20(19)15-30-25)17-3-5-22(6-4-17)32-9-7-21(29)16-32/h11-13,15,17-18,21-22H,3-10,14,16H2,1-2H3,(H,30,31,33)/t17-,18-,21+,22-/m1/s1. The molecule has 1 N–H and O–H groups in total. The van der Waals surface area contributed by atoms with Crippen molar-refractivity contribution >= 4 is 34.1 Å². The fraction of sp³-hybridized carbons (Fsp3) is 0.630. The molecule has 7 heteroatoms. The molecule has 2 saturated heterocycles. The van der Waals surface area contributed by atoms with Crippen LogP contribution in [0.25, 0.3) is 10.8 Å². The molecule has 2 aliphatic heterocycles. The molecule has 0 radical (unpaired) electrons. The van der Waals surface area contributed by atoms with E-state index in [1.807, 2.05) is 26.0 Å². The first-order valence-corrected chi connectivity index (χ1v) is 13.1. The van der Waals surface area contributed by atoms with Gasteiger partial charge in [-0.15, -0.1) is 0 Å². The number of hydrogen-bond donors (Lipinski definition) is 1. The molecule has 2 aromatic rings. The van der Waals surface area contributed by atoms with Gasteiger partial charge in [-0.05, 0) is 93.9 Å². The third kappa shape index (κ3) is 5.24. The average molecular weight is 488 g/mol. The number of hydrogen-bond acceptors (Lipinski definition) is 4. The SMILES string of the molecule is CC1(C)C[C@H](C(=O)Nc2cc3cc([C@H]4CC[C@H](N5CC[C@H](F)C5)CC4)c(Cl)cc3cn2)CCO1. The first-order valence-electron chi connectivity index (χ1n) is 12.7. The van der Waals surface area contributed by atoms with E-state index >= 15 is 0 Å². The number of alkyl halides is 1. The van der Waals surface area contributed by atoms with Crippen molar-refractivity contribution in [2.75, 3.05) is 25.0 Å². The Morgan fingerprint density at radius 1 is 1.15 bits per heavy atom. The number of amides is 1. The molecule has 0 unspecified atom stereocenters. The summed E-state index contributed by atoms with van der Waals surface area (Å²) in [5.41, 5.74) is 0.899. The quantitative estimate of drug-likeness (QED) is 0.566. The molecular weight excluding hydrogens is 453 g/mol. The number of pyridine rings is 1. The van der Waals surface area contributed by atoms with Gasteiger partial charge in [0.25, 0.3) is 0 Å². The van der Waals surface area contributed by atoms with E-state index in [0.717, 1.165) is 54.4 Å². The third-order valence-corrected chi connectivity index (χ3v) is 8.30. The van der Waals surface area contributed by atoms with Gasteiger partial charge in [0.05, 0.1) is 5.60 Å². The number of ether oxygens (including phenoxy) is 1. The highest BCUT2D eigenvalue weighted by atomic mass is 35.5. The number of benzene rings is 1. The van der Waals surface area contributed by atoms with E-state index in [4.69, 9.17) is 16.3 Å². The van der Waals surface area contributed by atoms with Crippen molar-refractivity contribution in [3.05, 3.63) is 35.0 Å². The molecule has 1 aromatic heterocycles. The fourth-order valence-electron chi connectivity index (χ4n) is 6.08. The van der Waals surface area contributed by atoms with Crippen LogP contribution in [-0.2, 0) is 9.53 Å². The molecule has 1 amide bonds. The predicted molar refractivity (Wildman–Crippen MR) is 134 cm³/mol. The van der Waals surface area contributed by atoms with Crippen LogP contribution in [0.5, 0.6) is 0 Å². The molecule has 1 saturated carbocycles. The van der Waals surface area contributed by atoms with Crippen LogP contribution in [0, 0.1) is 5.92 Å². The van der Waals surface area contributed by atoms with E-state index < -0.39 is 6.17 Å². The smallest absolute Gasteiger partial charge is 0.228 e. The molecule has 3 heterocycles. The van der Waals surface area contributed by atoms with Gasteiger partial charge in [-0.2, -0.15) is 0 Å². The number of halogens is 2. The van der Waals surface area contributed by atoms with Crippen molar-refractivity contribution in [3.8, 4) is 0 Å². The Bertz CT molecular complexity index is 1050. The highest BCUT2D eigenvalue weighted by molar-refractivity contribution is 6.32. The first kappa shape index (κ1) is 24.0. The van der Waals surface area contributed by atoms with Gasteiger partial charge in [-0.3, -0.25) is 9.69 Å². The number of rotatable bonds is 4. The lowest BCUT2D eigenvalue weighted by Gasteiger charge is -2.35. The molecule has 1 aliphatic carbocycles. The van der Waals surface area contributed by atoms with E-state index in [-0.39, 0.29) is 17.4 Å². The molecule has 0 spiro atoms. The van der Waals surface area contributed by atoms with E-state index in [1.54, 1.807) is 6.20 Å². The topological polar surface area (TPSA) is 54.5 Å². The van der Waals surface area contributed by atoms with E-state index in [0.29, 0.717) is 43.8 Å². The summed E-state index contributed by atoms with van der Waals surface area (Å²) in [4.78, 5) is 19.7. The Hall–Kier alpha value is -1.76. The summed E-state index contributed by atoms with van der Waals surface area (Å²) in [6.07, 6.45) is 7.55. The second-order valence-corrected chi connectivity index (χ2v) is 11.4. The van der Waals surface area contributed by atoms with Crippen molar-refractivity contribution in [1.82, 2.24) is 9.88 Å². The van der Waals surface area contributed by atoms with Gasteiger partial charge in [-0.1, -0.05) is 11.6 Å². The number of carbonyl (C=O) groups is 1. The number of nitrogens with zero attached hydrogens (tertiary/aromatic N) is 2. The zero-order valence-corrected chi connectivity index (χ0v) is 20.9. The second kappa shape index (κ2) is 9.71. The Morgan fingerprint density at radius 2 is 1.94 bits per heavy atom. The van der Waals surface area contributed by atoms with Crippen LogP contribution in [0.4, 0.5) is 10.2 Å². The number of aromatic nitrogens is 1. The summed E-state index contributed by atoms with van der Waals surface area (Å²) in [6, 6.07) is 6.61. The van der Waals surface area contributed by atoms with Crippen LogP contribution in [0.15, 0.2) is 24.4 Å². The van der Waals surface area contributed by atoms with Crippen LogP contribution < -0.4 is 5.32 Å². The Labute approximate surface area is 206 Å². The summed E-state index contributed by atoms with van der Waals surface area (Å²) in [5.74, 6) is 0.926. The van der Waals surface area contributed by atoms with Crippen LogP contribution in [0.3, 0.4) is 0 Å². The highest BCUT2D eigenvalue weighted by Crippen LogP contribution is 2.40. The minimum absolute atomic E-state index is 0.00756. The Kier molecular flexibility index (Phi) is 6.84. The zero-order chi connectivity index (χ0) is 23.9. The van der Waals surface area contributed by atoms with Crippen LogP contribution in [-0.4, -0.2) is 53.3 Å². The van der Waals surface area contributed by atoms with Gasteiger partial charge in [0.15, 0.2) is 0 Å². The molecule has 184 valence electrons. The summed E-state index contributed by atoms with van der Waals surface area (Å²) < 4.78 is 19.4. The van der Waals surface area contributed by atoms with Crippen LogP contribution in [0.2, 0.25) is 5.02 Å². The highest BCUT2D eigenvalue weighted by Gasteiger charge is 2.34. The largest absolute Gasteiger partial charge is 0.376 e. The summed E-state index contributed by atoms with van der Waals surface area (Å²) in [7, 11) is 0. The van der Waals surface area contributed by atoms with Gasteiger partial charge in [0.2, 0.25) is 5.91 Å². The van der Waals surface area contributed by atoms with Gasteiger partial charge < -0.3 is 10.1 Å². The number of nitrogens with one attached hydrogen (secondary N) is 1. The maximum atomic E-state index is 13.6. The number of anilines is 1. The van der Waals surface area contributed by atoms with Crippen molar-refractivity contribution in [2.24, 2.45) is 5.92 Å². The van der Waals surface area contributed by atoms with E-state index in [1.165, 1.54) is 5.56 Å². The number of fused-ring (bicyclic) bond motifs is 1. The fourth-order valence-corrected chi connectivity index (χ4v) is 6.40. The molecule has 2 atom stereocenters. The lowest BCUT2D eigenvalue weighted by Crippen LogP contribution is -2.39. The van der Waals surface area contributed by atoms with Gasteiger partial charge >= 0.3 is 0 Å². The lowest BCUT2D eigenvalue weighted by molar-refractivity contribution is -0.130. The summed E-state index contributed by atoms with van der Waals surface area (Å²) in [5, 5.41) is 5.81. The molecule has 1 aromatic carbocycles. The second-order valence-electron chi connectivity index (χ2n) is 11.0. The first-order chi connectivity index (χ1) is 16.3. The molecule has 5 rings (SSSR count). The van der Waals surface area contributed by atoms with Gasteiger partial charge in [-0.25, -0.2) is 9.37 Å². The molecule has 5 nitrogen and oxygen atoms in total. The minimum Gasteiger partial charge on any atom is -0.376 e. The van der Waals surface area contributed by atoms with E-state index in [9.17, 15) is 9.18 Å². The minimum atomic E-state index is -0.658.